The third-order valence-corrected chi connectivity index (χ3v) is 22.9. The summed E-state index contributed by atoms with van der Waals surface area (Å²) in [4.78, 5) is 70.9. The first-order valence-corrected chi connectivity index (χ1v) is 28.4. The number of fused-ring (bicyclic) bond motifs is 34. The third kappa shape index (κ3) is 5.45. The van der Waals surface area contributed by atoms with Crippen LogP contribution in [0.4, 0.5) is 11.4 Å². The number of hydrogen-bond acceptors (Lipinski definition) is 14. The van der Waals surface area contributed by atoms with Gasteiger partial charge in [-0.3, -0.25) is 0 Å². The van der Waals surface area contributed by atoms with Crippen LogP contribution in [0.5, 0.6) is 0 Å². The van der Waals surface area contributed by atoms with Crippen LogP contribution in [0.3, 0.4) is 0 Å². The highest BCUT2D eigenvalue weighted by Gasteiger charge is 2.97. The molecule has 4 saturated heterocycles. The number of rotatable bonds is 12. The van der Waals surface area contributed by atoms with E-state index in [1.807, 2.05) is 24.3 Å². The summed E-state index contributed by atoms with van der Waals surface area (Å²) >= 11 is 0. The normalized spacial score (nSPS) is 41.2. The number of carbonyl (C=O) groups excluding carboxylic acids is 4. The minimum absolute atomic E-state index is 0.0823. The fraction of sp³-hybridized carbons (Fsp3) is 0.524. The molecular formula is C63H64N4O10. The topological polar surface area (TPSA) is 174 Å². The quantitative estimate of drug-likeness (QED) is 0.0675. The lowest BCUT2D eigenvalue weighted by molar-refractivity contribution is -0.193. The zero-order chi connectivity index (χ0) is 52.1. The molecule has 10 bridgehead atoms. The molecule has 10 fully saturated rings. The Balaban J connectivity index is 0.748. The lowest BCUT2D eigenvalue weighted by Crippen LogP contribution is -2.68. The molecule has 4 aromatic carbocycles. The first kappa shape index (κ1) is 46.7. The second kappa shape index (κ2) is 16.1. The van der Waals surface area contributed by atoms with Crippen molar-refractivity contribution in [3.63, 3.8) is 0 Å². The van der Waals surface area contributed by atoms with Crippen LogP contribution in [0.2, 0.25) is 0 Å². The molecule has 20 atom stereocenters. The number of benzene rings is 4. The van der Waals surface area contributed by atoms with Crippen LogP contribution < -0.4 is 10.6 Å². The van der Waals surface area contributed by atoms with E-state index in [9.17, 15) is 0 Å². The molecule has 14 heteroatoms. The largest absolute Gasteiger partial charge is 0.467 e. The number of anilines is 2. The smallest absolute Gasteiger partial charge is 0.338 e. The molecule has 6 heterocycles. The summed E-state index contributed by atoms with van der Waals surface area (Å²) in [7, 11) is 5.74. The van der Waals surface area contributed by atoms with Crippen molar-refractivity contribution in [1.29, 1.82) is 0 Å². The van der Waals surface area contributed by atoms with Gasteiger partial charge in [0.15, 0.2) is 22.4 Å². The van der Waals surface area contributed by atoms with Crippen LogP contribution in [-0.2, 0) is 47.6 Å². The van der Waals surface area contributed by atoms with Gasteiger partial charge in [0.2, 0.25) is 0 Å². The second-order valence-electron chi connectivity index (χ2n) is 24.9. The highest BCUT2D eigenvalue weighted by atomic mass is 16.6. The molecule has 2 N–H and O–H groups in total. The van der Waals surface area contributed by atoms with Crippen molar-refractivity contribution in [1.82, 2.24) is 9.97 Å². The van der Waals surface area contributed by atoms with Gasteiger partial charge in [0, 0.05) is 82.0 Å². The van der Waals surface area contributed by atoms with Crippen LogP contribution >= 0.6 is 0 Å². The molecule has 6 aliphatic carbocycles. The highest BCUT2D eigenvalue weighted by Crippen LogP contribution is 2.88. The molecule has 6 aromatic rings. The average molecular weight is 1040 g/mol. The number of aromatic nitrogens is 2. The lowest BCUT2D eigenvalue weighted by atomic mass is 9.42. The Labute approximate surface area is 446 Å². The highest BCUT2D eigenvalue weighted by molar-refractivity contribution is 6.08. The van der Waals surface area contributed by atoms with E-state index in [0.717, 1.165) is 93.5 Å². The van der Waals surface area contributed by atoms with Gasteiger partial charge in [-0.1, -0.05) is 72.8 Å². The maximum Gasteiger partial charge on any atom is 0.338 e. The SMILES string of the molecule is COC(=O)[C@@]12O[C@@](C(=O)OC)([C@H]3[C@@H]4C[C@H](CCNc5c6ccccc6nc6ccccc56)[C@@H](C4)[C@H]31)[C@@H]1C3CC([C@@H]4[C@H]3[C@]3(C(=O)OC)O[C@@]4(C(=O)OC)[C@H]4[C@H]5C[C@H](C[C@H]5CCNc5c6ccccc6nc6ccccc56)[C@H]43)[C@@H]12. The van der Waals surface area contributed by atoms with Crippen molar-refractivity contribution >= 4 is 78.9 Å². The first-order valence-electron chi connectivity index (χ1n) is 28.4. The number of methoxy groups -OCH3 is 4. The molecule has 16 rings (SSSR count). The van der Waals surface area contributed by atoms with E-state index in [4.69, 9.17) is 38.4 Å². The van der Waals surface area contributed by atoms with E-state index in [-0.39, 0.29) is 71.0 Å². The Hall–Kier alpha value is -6.38. The maximum atomic E-state index is 15.3. The van der Waals surface area contributed by atoms with Crippen molar-refractivity contribution in [3.05, 3.63) is 97.1 Å². The standard InChI is InChI=1S/C63H64N4O10/c1-72-56(68)60-46-32-25-30(21-23-64-54-34-13-5-9-17-42(34)66-43-18-10-6-14-35(43)54)38(27-32)48(46)62(76-60,58(70)74-3)52-41-29-40(50(52)60)51-53(41)63(59(71)75-4)49-39-28-33(47(49)61(51,77-63)57(69)73-2)26-31(39)22-24-65-55-36-15-7-11-19-44(36)67-45-20-12-8-16-37(45)55/h5-20,30-33,38-41,46-53H,21-29H2,1-4H3,(H,64,66)(H,65,67)/t30-,31+,32+,33-,38+,39-,40?,41?,46-,47+,48+,49-,50+,51-,52-,53+,60-,61+,62+,63-. The molecule has 14 nitrogen and oxygen atoms in total. The van der Waals surface area contributed by atoms with Crippen molar-refractivity contribution < 1.29 is 47.6 Å². The van der Waals surface area contributed by atoms with Crippen LogP contribution in [0, 0.1) is 94.7 Å². The Bertz CT molecular complexity index is 3220. The second-order valence-corrected chi connectivity index (χ2v) is 24.9. The van der Waals surface area contributed by atoms with E-state index in [0.29, 0.717) is 19.5 Å². The van der Waals surface area contributed by atoms with Crippen molar-refractivity contribution in [2.75, 3.05) is 52.2 Å². The minimum atomic E-state index is -1.47. The number of esters is 4. The summed E-state index contributed by atoms with van der Waals surface area (Å²) in [5.41, 5.74) is 0.0771. The molecule has 2 unspecified atom stereocenters. The Morgan fingerprint density at radius 1 is 0.429 bits per heavy atom. The van der Waals surface area contributed by atoms with Gasteiger partial charge >= 0.3 is 23.9 Å². The van der Waals surface area contributed by atoms with E-state index in [1.54, 1.807) is 0 Å². The van der Waals surface area contributed by atoms with Crippen LogP contribution in [0.25, 0.3) is 43.6 Å². The molecule has 0 amide bonds. The minimum Gasteiger partial charge on any atom is -0.467 e. The van der Waals surface area contributed by atoms with Crippen LogP contribution in [0.1, 0.15) is 44.9 Å². The van der Waals surface area contributed by atoms with Crippen molar-refractivity contribution in [3.8, 4) is 0 Å². The van der Waals surface area contributed by atoms with Gasteiger partial charge < -0.3 is 39.1 Å². The molecule has 77 heavy (non-hydrogen) atoms. The van der Waals surface area contributed by atoms with E-state index in [2.05, 4.69) is 83.4 Å². The van der Waals surface area contributed by atoms with Gasteiger partial charge in [-0.25, -0.2) is 29.1 Å². The monoisotopic (exact) mass is 1040 g/mol. The zero-order valence-electron chi connectivity index (χ0n) is 43.8. The number of hydrogen-bond donors (Lipinski definition) is 2. The molecule has 4 aliphatic heterocycles. The molecule has 0 spiro atoms. The molecular weight excluding hydrogens is 973 g/mol. The van der Waals surface area contributed by atoms with Gasteiger partial charge in [-0.15, -0.1) is 0 Å². The molecule has 0 radical (unpaired) electrons. The zero-order valence-corrected chi connectivity index (χ0v) is 43.8. The first-order chi connectivity index (χ1) is 37.6. The number of nitrogens with one attached hydrogen (secondary N) is 2. The molecule has 2 aromatic heterocycles. The Morgan fingerprint density at radius 3 is 1.05 bits per heavy atom. The predicted octanol–water partition coefficient (Wildman–Crippen LogP) is 9.02. The number of ether oxygens (including phenoxy) is 6. The van der Waals surface area contributed by atoms with Crippen molar-refractivity contribution in [2.45, 2.75) is 67.3 Å². The summed E-state index contributed by atoms with van der Waals surface area (Å²) in [6, 6.07) is 33.0. The molecule has 6 saturated carbocycles. The van der Waals surface area contributed by atoms with E-state index < -0.39 is 70.0 Å². The summed E-state index contributed by atoms with van der Waals surface area (Å²) < 4.78 is 38.7. The van der Waals surface area contributed by atoms with Crippen LogP contribution in [0.15, 0.2) is 97.1 Å². The molecule has 396 valence electrons. The Morgan fingerprint density at radius 2 is 0.727 bits per heavy atom. The molecule has 10 aliphatic rings. The van der Waals surface area contributed by atoms with Gasteiger partial charge in [0.1, 0.15) is 0 Å². The van der Waals surface area contributed by atoms with E-state index >= 15 is 19.2 Å². The summed E-state index contributed by atoms with van der Waals surface area (Å²) in [5.74, 6) is -4.50. The summed E-state index contributed by atoms with van der Waals surface area (Å²) in [6.45, 7) is 1.43. The number of carbonyl (C=O) groups is 4. The van der Waals surface area contributed by atoms with Crippen LogP contribution in [-0.4, -0.2) is 97.8 Å². The number of para-hydroxylation sites is 4. The van der Waals surface area contributed by atoms with E-state index in [1.165, 1.54) is 28.4 Å². The third-order valence-electron chi connectivity index (χ3n) is 22.9. The average Bonchev–Trinajstić information content (AvgIpc) is 1.98. The summed E-state index contributed by atoms with van der Waals surface area (Å²) in [5, 5.41) is 12.0. The Kier molecular flexibility index (Phi) is 9.77. The number of pyridine rings is 2. The van der Waals surface area contributed by atoms with Gasteiger partial charge in [-0.2, -0.15) is 0 Å². The fourth-order valence-corrected chi connectivity index (χ4v) is 21.5. The summed E-state index contributed by atoms with van der Waals surface area (Å²) in [6.07, 6.45) is 5.91. The fourth-order valence-electron chi connectivity index (χ4n) is 21.5. The van der Waals surface area contributed by atoms with Gasteiger partial charge in [-0.05, 0) is 117 Å². The predicted molar refractivity (Wildman–Crippen MR) is 285 cm³/mol. The maximum absolute atomic E-state index is 15.3. The number of nitrogens with zero attached hydrogens (tertiary/aromatic N) is 2. The van der Waals surface area contributed by atoms with Gasteiger partial charge in [0.05, 0.1) is 61.9 Å². The van der Waals surface area contributed by atoms with Crippen molar-refractivity contribution in [2.24, 2.45) is 94.7 Å². The van der Waals surface area contributed by atoms with Gasteiger partial charge in [0.25, 0.3) is 0 Å². The lowest BCUT2D eigenvalue weighted by Gasteiger charge is -2.57.